The molecule has 1 saturated carbocycles. The third-order valence-electron chi connectivity index (χ3n) is 2.49. The van der Waals surface area contributed by atoms with E-state index in [0.29, 0.717) is 6.04 Å². The van der Waals surface area contributed by atoms with Crippen molar-refractivity contribution in [1.29, 1.82) is 0 Å². The van der Waals surface area contributed by atoms with Gasteiger partial charge in [-0.1, -0.05) is 0 Å². The zero-order valence-corrected chi connectivity index (χ0v) is 9.49. The van der Waals surface area contributed by atoms with Gasteiger partial charge >= 0.3 is 76.8 Å². The minimum absolute atomic E-state index is 0.435. The Morgan fingerprint density at radius 3 is 2.40 bits per heavy atom. The van der Waals surface area contributed by atoms with Crippen molar-refractivity contribution in [3.8, 4) is 0 Å². The van der Waals surface area contributed by atoms with E-state index in [1.165, 1.54) is 25.7 Å². The molecule has 1 fully saturated rings. The van der Waals surface area contributed by atoms with Crippen molar-refractivity contribution in [3.05, 3.63) is 0 Å². The fourth-order valence-electron chi connectivity index (χ4n) is 1.79. The molecule has 1 rings (SSSR count). The Morgan fingerprint density at radius 2 is 2.00 bits per heavy atom. The molecule has 2 heteroatoms. The van der Waals surface area contributed by atoms with Crippen molar-refractivity contribution in [3.63, 3.8) is 0 Å². The molecule has 0 aromatic rings. The van der Waals surface area contributed by atoms with Gasteiger partial charge < -0.3 is 0 Å². The van der Waals surface area contributed by atoms with Crippen molar-refractivity contribution < 1.29 is 0 Å². The molecule has 0 spiro atoms. The Kier molecular flexibility index (Phi) is 3.50. The van der Waals surface area contributed by atoms with E-state index >= 15 is 0 Å². The van der Waals surface area contributed by atoms with Crippen LogP contribution >= 0.6 is 0 Å². The fraction of sp³-hybridized carbons (Fsp3) is 1.00. The minimum atomic E-state index is 0.435. The van der Waals surface area contributed by atoms with E-state index in [4.69, 9.17) is 5.73 Å². The van der Waals surface area contributed by atoms with Crippen LogP contribution < -0.4 is 5.73 Å². The van der Waals surface area contributed by atoms with Crippen molar-refractivity contribution >= 4 is 22.5 Å². The van der Waals surface area contributed by atoms with Gasteiger partial charge in [0, 0.05) is 0 Å². The molecule has 2 N–H and O–H groups in total. The van der Waals surface area contributed by atoms with Gasteiger partial charge in [-0.2, -0.15) is 0 Å². The Labute approximate surface area is 76.8 Å². The quantitative estimate of drug-likeness (QED) is 0.695. The molecule has 1 aliphatic rings. The maximum absolute atomic E-state index is 5.87. The van der Waals surface area contributed by atoms with Gasteiger partial charge in [0.15, 0.2) is 0 Å². The second-order valence-electron chi connectivity index (χ2n) is 3.41. The predicted molar refractivity (Wildman–Crippen MR) is 45.1 cm³/mol. The average molecular weight is 245 g/mol. The number of hydrogen-bond acceptors (Lipinski definition) is 1. The van der Waals surface area contributed by atoms with Gasteiger partial charge in [-0.3, -0.25) is 0 Å². The van der Waals surface area contributed by atoms with E-state index in [2.05, 4.69) is 6.92 Å². The van der Waals surface area contributed by atoms with Crippen LogP contribution in [0, 0.1) is 5.92 Å². The van der Waals surface area contributed by atoms with Gasteiger partial charge in [0.25, 0.3) is 0 Å². The summed E-state index contributed by atoms with van der Waals surface area (Å²) in [5.74, 6) is 0.840. The zero-order valence-electron chi connectivity index (χ0n) is 6.64. The van der Waals surface area contributed by atoms with Crippen LogP contribution in [0.5, 0.6) is 0 Å². The van der Waals surface area contributed by atoms with E-state index < -0.39 is 0 Å². The van der Waals surface area contributed by atoms with E-state index in [9.17, 15) is 0 Å². The SMILES string of the molecule is CC(N)C1CCCC[CH]1[Sn+3]. The summed E-state index contributed by atoms with van der Waals surface area (Å²) < 4.78 is 0.959. The summed E-state index contributed by atoms with van der Waals surface area (Å²) in [6.45, 7) is 2.16. The normalized spacial score (nSPS) is 37.6. The van der Waals surface area contributed by atoms with Crippen molar-refractivity contribution in [1.82, 2.24) is 0 Å². The number of hydrogen-bond donors (Lipinski definition) is 1. The summed E-state index contributed by atoms with van der Waals surface area (Å²) in [7, 11) is 0. The van der Waals surface area contributed by atoms with Crippen molar-refractivity contribution in [2.45, 2.75) is 42.6 Å². The molecule has 0 bridgehead atoms. The van der Waals surface area contributed by atoms with Gasteiger partial charge in [-0.25, -0.2) is 0 Å². The van der Waals surface area contributed by atoms with Crippen molar-refractivity contribution in [2.75, 3.05) is 0 Å². The van der Waals surface area contributed by atoms with Crippen molar-refractivity contribution in [2.24, 2.45) is 11.7 Å². The number of rotatable bonds is 1. The van der Waals surface area contributed by atoms with E-state index in [-0.39, 0.29) is 0 Å². The van der Waals surface area contributed by atoms with Crippen LogP contribution in [0.2, 0.25) is 3.93 Å². The van der Waals surface area contributed by atoms with Gasteiger partial charge in [0.1, 0.15) is 0 Å². The molecular weight excluding hydrogens is 229 g/mol. The summed E-state index contributed by atoms with van der Waals surface area (Å²) in [4.78, 5) is 0. The van der Waals surface area contributed by atoms with E-state index in [0.717, 1.165) is 9.85 Å². The van der Waals surface area contributed by atoms with Gasteiger partial charge in [0.05, 0.1) is 0 Å². The summed E-state index contributed by atoms with van der Waals surface area (Å²) in [5, 5.41) is 0. The Morgan fingerprint density at radius 1 is 1.40 bits per heavy atom. The summed E-state index contributed by atoms with van der Waals surface area (Å²) in [6, 6.07) is 0.435. The Balaban J connectivity index is 2.40. The molecule has 0 saturated heterocycles. The Bertz CT molecular complexity index is 103. The van der Waals surface area contributed by atoms with Gasteiger partial charge in [-0.05, 0) is 0 Å². The molecule has 0 heterocycles. The number of nitrogens with two attached hydrogens (primary N) is 1. The molecule has 0 aromatic heterocycles. The molecule has 54 valence electrons. The monoisotopic (exact) mass is 246 g/mol. The molecule has 1 nitrogen and oxygen atoms in total. The maximum atomic E-state index is 5.87. The molecule has 3 atom stereocenters. The Hall–Kier alpha value is 0.759. The zero-order chi connectivity index (χ0) is 7.56. The molecule has 0 radical (unpaired) electrons. The first kappa shape index (κ1) is 8.85. The molecule has 0 amide bonds. The van der Waals surface area contributed by atoms with Crippen LogP contribution in [0.4, 0.5) is 0 Å². The second kappa shape index (κ2) is 3.95. The molecule has 0 aliphatic heterocycles. The first-order valence-corrected chi connectivity index (χ1v) is 5.83. The predicted octanol–water partition coefficient (Wildman–Crippen LogP) is 1.48. The summed E-state index contributed by atoms with van der Waals surface area (Å²) in [6.07, 6.45) is 5.67. The molecule has 10 heavy (non-hydrogen) atoms. The van der Waals surface area contributed by atoms with Crippen LogP contribution in [0.1, 0.15) is 32.6 Å². The molecule has 1 aliphatic carbocycles. The van der Waals surface area contributed by atoms with E-state index in [1.54, 1.807) is 22.5 Å². The summed E-state index contributed by atoms with van der Waals surface area (Å²) in [5.41, 5.74) is 5.87. The first-order valence-electron chi connectivity index (χ1n) is 4.18. The third-order valence-corrected chi connectivity index (χ3v) is 4.54. The topological polar surface area (TPSA) is 26.0 Å². The van der Waals surface area contributed by atoms with Gasteiger partial charge in [-0.15, -0.1) is 0 Å². The first-order chi connectivity index (χ1) is 4.72. The molecule has 3 unspecified atom stereocenters. The second-order valence-corrected chi connectivity index (χ2v) is 5.53. The summed E-state index contributed by atoms with van der Waals surface area (Å²) >= 11 is 1.70. The average Bonchev–Trinajstić information content (AvgIpc) is 1.88. The fourth-order valence-corrected chi connectivity index (χ4v) is 3.71. The van der Waals surface area contributed by atoms with Crippen LogP contribution in [0.25, 0.3) is 0 Å². The van der Waals surface area contributed by atoms with Crippen LogP contribution in [0.3, 0.4) is 0 Å². The molecular formula is C8H16NSn+3. The molecule has 0 aromatic carbocycles. The van der Waals surface area contributed by atoms with Crippen LogP contribution in [-0.4, -0.2) is 28.6 Å². The standard InChI is InChI=1S/C8H16N.Sn/c1-7(9)8-5-3-2-4-6-8;/h5,7-8H,2-4,6,9H2,1H3;/q;+3. The van der Waals surface area contributed by atoms with Crippen LogP contribution in [0.15, 0.2) is 0 Å². The van der Waals surface area contributed by atoms with Crippen LogP contribution in [-0.2, 0) is 0 Å². The van der Waals surface area contributed by atoms with E-state index in [1.807, 2.05) is 0 Å². The third kappa shape index (κ3) is 2.12. The van der Waals surface area contributed by atoms with Gasteiger partial charge in [0.2, 0.25) is 0 Å².